The molecule has 5 heteroatoms. The normalized spacial score (nSPS) is 20.4. The van der Waals surface area contributed by atoms with E-state index in [1.54, 1.807) is 0 Å². The summed E-state index contributed by atoms with van der Waals surface area (Å²) in [5.74, 6) is 0.0932. The number of nitrogens with one attached hydrogen (secondary N) is 1. The Morgan fingerprint density at radius 2 is 2.17 bits per heavy atom. The van der Waals surface area contributed by atoms with Crippen LogP contribution in [0, 0.1) is 5.92 Å². The quantitative estimate of drug-likeness (QED) is 0.706. The van der Waals surface area contributed by atoms with Crippen molar-refractivity contribution in [2.24, 2.45) is 5.92 Å². The van der Waals surface area contributed by atoms with Crippen molar-refractivity contribution in [3.63, 3.8) is 0 Å². The molecule has 18 heavy (non-hydrogen) atoms. The maximum absolute atomic E-state index is 11.8. The summed E-state index contributed by atoms with van der Waals surface area (Å²) in [5.41, 5.74) is -0.371. The average molecular weight is 259 g/mol. The maximum atomic E-state index is 11.8. The Bertz CT molecular complexity index is 251. The predicted octanol–water partition coefficient (Wildman–Crippen LogP) is 0.707. The van der Waals surface area contributed by atoms with Gasteiger partial charge in [-0.05, 0) is 6.42 Å². The summed E-state index contributed by atoms with van der Waals surface area (Å²) in [6.07, 6.45) is 2.35. The van der Waals surface area contributed by atoms with Crippen molar-refractivity contribution in [2.45, 2.75) is 38.7 Å². The van der Waals surface area contributed by atoms with Crippen LogP contribution in [0.1, 0.15) is 33.1 Å². The van der Waals surface area contributed by atoms with Crippen LogP contribution in [-0.4, -0.2) is 49.6 Å². The second kappa shape index (κ2) is 7.71. The van der Waals surface area contributed by atoms with E-state index in [0.717, 1.165) is 19.3 Å². The van der Waals surface area contributed by atoms with Crippen molar-refractivity contribution < 1.29 is 19.4 Å². The van der Waals surface area contributed by atoms with Crippen LogP contribution >= 0.6 is 0 Å². The first kappa shape index (κ1) is 15.4. The van der Waals surface area contributed by atoms with Crippen LogP contribution in [0.2, 0.25) is 0 Å². The maximum Gasteiger partial charge on any atom is 0.222 e. The van der Waals surface area contributed by atoms with Crippen molar-refractivity contribution in [1.29, 1.82) is 0 Å². The molecular formula is C13H25NO4. The largest absolute Gasteiger partial charge is 0.394 e. The minimum Gasteiger partial charge on any atom is -0.394 e. The number of carbonyl (C=O) groups excluding carboxylic acids is 1. The molecule has 0 radical (unpaired) electrons. The molecule has 1 fully saturated rings. The molecule has 1 saturated heterocycles. The van der Waals surface area contributed by atoms with Crippen LogP contribution < -0.4 is 5.32 Å². The van der Waals surface area contributed by atoms with Gasteiger partial charge < -0.3 is 19.9 Å². The molecule has 0 aromatic heterocycles. The van der Waals surface area contributed by atoms with Gasteiger partial charge in [0, 0.05) is 38.5 Å². The van der Waals surface area contributed by atoms with Gasteiger partial charge in [0.25, 0.3) is 0 Å². The highest BCUT2D eigenvalue weighted by atomic mass is 16.5. The number of aliphatic hydroxyl groups excluding tert-OH is 1. The van der Waals surface area contributed by atoms with Crippen LogP contribution in [0.3, 0.4) is 0 Å². The fourth-order valence-corrected chi connectivity index (χ4v) is 1.99. The number of ether oxygens (including phenoxy) is 2. The molecule has 1 heterocycles. The summed E-state index contributed by atoms with van der Waals surface area (Å²) >= 11 is 0. The Labute approximate surface area is 109 Å². The number of rotatable bonds is 7. The Balaban J connectivity index is 2.47. The van der Waals surface area contributed by atoms with E-state index in [1.807, 2.05) is 13.8 Å². The molecule has 1 aliphatic heterocycles. The summed E-state index contributed by atoms with van der Waals surface area (Å²) < 4.78 is 11.1. The Hall–Kier alpha value is -0.650. The second-order valence-electron chi connectivity index (χ2n) is 4.89. The van der Waals surface area contributed by atoms with Gasteiger partial charge in [0.2, 0.25) is 5.91 Å². The zero-order valence-electron chi connectivity index (χ0n) is 11.4. The van der Waals surface area contributed by atoms with E-state index >= 15 is 0 Å². The molecule has 1 rings (SSSR count). The summed E-state index contributed by atoms with van der Waals surface area (Å²) in [4.78, 5) is 11.8. The molecule has 1 aliphatic rings. The van der Waals surface area contributed by atoms with Gasteiger partial charge in [-0.3, -0.25) is 4.79 Å². The molecule has 0 bridgehead atoms. The Kier molecular flexibility index (Phi) is 6.60. The first-order valence-electron chi connectivity index (χ1n) is 6.74. The minimum atomic E-state index is -0.371. The van der Waals surface area contributed by atoms with E-state index in [9.17, 15) is 4.79 Å². The second-order valence-corrected chi connectivity index (χ2v) is 4.89. The van der Waals surface area contributed by atoms with Gasteiger partial charge in [0.05, 0.1) is 18.8 Å². The fourth-order valence-electron chi connectivity index (χ4n) is 1.99. The summed E-state index contributed by atoms with van der Waals surface area (Å²) in [6.45, 7) is 6.01. The monoisotopic (exact) mass is 259 g/mol. The SMILES string of the molecule is CC[C@@H](C)C(=O)NCC1(OCCO)CCOCC1. The highest BCUT2D eigenvalue weighted by Crippen LogP contribution is 2.24. The van der Waals surface area contributed by atoms with Gasteiger partial charge in [-0.15, -0.1) is 0 Å². The van der Waals surface area contributed by atoms with Gasteiger partial charge in [0.15, 0.2) is 0 Å². The minimum absolute atomic E-state index is 0.00190. The summed E-state index contributed by atoms with van der Waals surface area (Å²) in [5, 5.41) is 11.8. The summed E-state index contributed by atoms with van der Waals surface area (Å²) in [7, 11) is 0. The number of hydrogen-bond donors (Lipinski definition) is 2. The molecule has 106 valence electrons. The zero-order valence-corrected chi connectivity index (χ0v) is 11.4. The molecule has 0 saturated carbocycles. The highest BCUT2D eigenvalue weighted by Gasteiger charge is 2.34. The summed E-state index contributed by atoms with van der Waals surface area (Å²) in [6, 6.07) is 0. The van der Waals surface area contributed by atoms with Gasteiger partial charge in [-0.2, -0.15) is 0 Å². The van der Waals surface area contributed by atoms with E-state index in [1.165, 1.54) is 0 Å². The lowest BCUT2D eigenvalue weighted by Crippen LogP contribution is -2.50. The Morgan fingerprint density at radius 1 is 1.50 bits per heavy atom. The molecule has 0 unspecified atom stereocenters. The molecule has 1 amide bonds. The molecule has 2 N–H and O–H groups in total. The number of hydrogen-bond acceptors (Lipinski definition) is 4. The van der Waals surface area contributed by atoms with Crippen LogP contribution in [0.5, 0.6) is 0 Å². The number of aliphatic hydroxyl groups is 1. The molecular weight excluding hydrogens is 234 g/mol. The van der Waals surface area contributed by atoms with Gasteiger partial charge in [-0.25, -0.2) is 0 Å². The molecule has 0 aromatic rings. The first-order chi connectivity index (χ1) is 8.63. The lowest BCUT2D eigenvalue weighted by Gasteiger charge is -2.37. The van der Waals surface area contributed by atoms with Crippen molar-refractivity contribution in [2.75, 3.05) is 33.0 Å². The molecule has 0 spiro atoms. The van der Waals surface area contributed by atoms with Crippen molar-refractivity contribution >= 4 is 5.91 Å². The average Bonchev–Trinajstić information content (AvgIpc) is 2.43. The van der Waals surface area contributed by atoms with E-state index in [0.29, 0.717) is 26.4 Å². The molecule has 5 nitrogen and oxygen atoms in total. The third-order valence-electron chi connectivity index (χ3n) is 3.55. The number of amides is 1. The van der Waals surface area contributed by atoms with E-state index in [-0.39, 0.29) is 24.0 Å². The van der Waals surface area contributed by atoms with Gasteiger partial charge >= 0.3 is 0 Å². The van der Waals surface area contributed by atoms with Crippen LogP contribution in [-0.2, 0) is 14.3 Å². The highest BCUT2D eigenvalue weighted by molar-refractivity contribution is 5.78. The molecule has 1 atom stereocenters. The lowest BCUT2D eigenvalue weighted by atomic mass is 9.93. The van der Waals surface area contributed by atoms with Crippen molar-refractivity contribution in [3.05, 3.63) is 0 Å². The smallest absolute Gasteiger partial charge is 0.222 e. The molecule has 0 aliphatic carbocycles. The number of carbonyl (C=O) groups is 1. The van der Waals surface area contributed by atoms with Crippen LogP contribution in [0.15, 0.2) is 0 Å². The third kappa shape index (κ3) is 4.55. The standard InChI is InChI=1S/C13H25NO4/c1-3-11(2)12(16)14-10-13(18-9-6-15)4-7-17-8-5-13/h11,15H,3-10H2,1-2H3,(H,14,16)/t11-/m1/s1. The fraction of sp³-hybridized carbons (Fsp3) is 0.923. The van der Waals surface area contributed by atoms with E-state index < -0.39 is 0 Å². The van der Waals surface area contributed by atoms with Gasteiger partial charge in [0.1, 0.15) is 0 Å². The first-order valence-corrected chi connectivity index (χ1v) is 6.74. The van der Waals surface area contributed by atoms with Crippen molar-refractivity contribution in [1.82, 2.24) is 5.32 Å². The topological polar surface area (TPSA) is 67.8 Å². The van der Waals surface area contributed by atoms with Gasteiger partial charge in [-0.1, -0.05) is 13.8 Å². The Morgan fingerprint density at radius 3 is 2.72 bits per heavy atom. The lowest BCUT2D eigenvalue weighted by molar-refractivity contribution is -0.133. The van der Waals surface area contributed by atoms with Crippen LogP contribution in [0.4, 0.5) is 0 Å². The predicted molar refractivity (Wildman–Crippen MR) is 68.3 cm³/mol. The van der Waals surface area contributed by atoms with Crippen molar-refractivity contribution in [3.8, 4) is 0 Å². The third-order valence-corrected chi connectivity index (χ3v) is 3.55. The van der Waals surface area contributed by atoms with E-state index in [4.69, 9.17) is 14.6 Å². The molecule has 0 aromatic carbocycles. The zero-order chi connectivity index (χ0) is 13.4. The van der Waals surface area contributed by atoms with E-state index in [2.05, 4.69) is 5.32 Å². The van der Waals surface area contributed by atoms with Crippen LogP contribution in [0.25, 0.3) is 0 Å².